The third-order valence-electron chi connectivity index (χ3n) is 9.46. The molecule has 4 rings (SSSR count). The Bertz CT molecular complexity index is 1240. The molecular formula is C34H51F2N5O. The standard InChI is InChI=1S/C34H51F2N5O/c1-7-10-27(23(5)28-18-30(34(35)36)29(17-22(28)4)24-19-38-40(6)20-24)33(37)31-21-41(26(8-2)9-3)14-11-32(31)39-25-12-15-42-16-13-25/h17-20,23,25-27,34H,7-16,21,37H2,1-6H3/b33-31-,39-32?. The number of likely N-dealkylation sites (tertiary alicyclic amines) is 1. The molecule has 8 heteroatoms. The summed E-state index contributed by atoms with van der Waals surface area (Å²) in [4.78, 5) is 7.86. The Morgan fingerprint density at radius 1 is 1.14 bits per heavy atom. The Morgan fingerprint density at radius 3 is 2.45 bits per heavy atom. The van der Waals surface area contributed by atoms with Gasteiger partial charge in [-0.3, -0.25) is 14.6 Å². The van der Waals surface area contributed by atoms with E-state index >= 15 is 0 Å². The molecule has 2 aliphatic heterocycles. The molecule has 6 nitrogen and oxygen atoms in total. The molecule has 0 amide bonds. The number of ether oxygens (including phenoxy) is 1. The lowest BCUT2D eigenvalue weighted by Crippen LogP contribution is -2.44. The first-order valence-electron chi connectivity index (χ1n) is 16.0. The van der Waals surface area contributed by atoms with Gasteiger partial charge in [0.1, 0.15) is 0 Å². The zero-order chi connectivity index (χ0) is 30.4. The highest BCUT2D eigenvalue weighted by molar-refractivity contribution is 6.02. The van der Waals surface area contributed by atoms with Gasteiger partial charge in [0.25, 0.3) is 6.43 Å². The molecule has 0 aliphatic carbocycles. The van der Waals surface area contributed by atoms with Gasteiger partial charge in [-0.25, -0.2) is 8.78 Å². The zero-order valence-electron chi connectivity index (χ0n) is 26.5. The maximum absolute atomic E-state index is 14.5. The van der Waals surface area contributed by atoms with Crippen molar-refractivity contribution in [2.24, 2.45) is 23.7 Å². The van der Waals surface area contributed by atoms with Crippen LogP contribution in [0.1, 0.15) is 102 Å². The van der Waals surface area contributed by atoms with Gasteiger partial charge in [-0.15, -0.1) is 0 Å². The third kappa shape index (κ3) is 7.31. The first kappa shape index (κ1) is 32.3. The molecule has 232 valence electrons. The van der Waals surface area contributed by atoms with Gasteiger partial charge in [0.2, 0.25) is 0 Å². The molecule has 2 unspecified atom stereocenters. The van der Waals surface area contributed by atoms with E-state index in [1.165, 1.54) is 5.57 Å². The lowest BCUT2D eigenvalue weighted by molar-refractivity contribution is 0.0870. The number of piperidine rings is 1. The van der Waals surface area contributed by atoms with E-state index in [4.69, 9.17) is 15.5 Å². The fourth-order valence-electron chi connectivity index (χ4n) is 6.98. The van der Waals surface area contributed by atoms with E-state index in [9.17, 15) is 8.78 Å². The largest absolute Gasteiger partial charge is 0.401 e. The Morgan fingerprint density at radius 2 is 1.86 bits per heavy atom. The van der Waals surface area contributed by atoms with Crippen molar-refractivity contribution in [3.8, 4) is 11.1 Å². The van der Waals surface area contributed by atoms with E-state index < -0.39 is 6.43 Å². The van der Waals surface area contributed by atoms with Crippen molar-refractivity contribution in [1.29, 1.82) is 0 Å². The lowest BCUT2D eigenvalue weighted by Gasteiger charge is -2.38. The topological polar surface area (TPSA) is 68.7 Å². The van der Waals surface area contributed by atoms with Crippen molar-refractivity contribution in [2.45, 2.75) is 104 Å². The monoisotopic (exact) mass is 583 g/mol. The number of nitrogens with zero attached hydrogens (tertiary/aromatic N) is 4. The van der Waals surface area contributed by atoms with Crippen LogP contribution >= 0.6 is 0 Å². The van der Waals surface area contributed by atoms with Gasteiger partial charge in [0.05, 0.1) is 12.2 Å². The quantitative estimate of drug-likeness (QED) is 0.296. The highest BCUT2D eigenvalue weighted by Crippen LogP contribution is 2.40. The summed E-state index contributed by atoms with van der Waals surface area (Å²) in [7, 11) is 1.80. The molecule has 42 heavy (non-hydrogen) atoms. The molecule has 2 fully saturated rings. The Labute approximate surface area is 251 Å². The Balaban J connectivity index is 1.77. The molecule has 2 N–H and O–H groups in total. The first-order valence-corrected chi connectivity index (χ1v) is 16.0. The van der Waals surface area contributed by atoms with Gasteiger partial charge in [0.15, 0.2) is 0 Å². The predicted octanol–water partition coefficient (Wildman–Crippen LogP) is 7.58. The second kappa shape index (κ2) is 14.7. The van der Waals surface area contributed by atoms with Crippen molar-refractivity contribution >= 4 is 5.71 Å². The summed E-state index contributed by atoms with van der Waals surface area (Å²) in [6, 6.07) is 4.41. The number of allylic oxidation sites excluding steroid dienone is 1. The highest BCUT2D eigenvalue weighted by Gasteiger charge is 2.32. The number of aliphatic imine (C=N–C) groups is 1. The lowest BCUT2D eigenvalue weighted by atomic mass is 9.77. The van der Waals surface area contributed by atoms with Crippen LogP contribution in [0.15, 0.2) is 40.8 Å². The fourth-order valence-corrected chi connectivity index (χ4v) is 6.98. The van der Waals surface area contributed by atoms with Crippen molar-refractivity contribution in [3.05, 3.63) is 52.5 Å². The van der Waals surface area contributed by atoms with Gasteiger partial charge in [-0.1, -0.05) is 40.2 Å². The highest BCUT2D eigenvalue weighted by atomic mass is 19.3. The minimum atomic E-state index is -2.59. The van der Waals surface area contributed by atoms with Gasteiger partial charge in [-0.2, -0.15) is 5.10 Å². The average Bonchev–Trinajstić information content (AvgIpc) is 3.42. The van der Waals surface area contributed by atoms with Crippen LogP contribution in [0.25, 0.3) is 11.1 Å². The van der Waals surface area contributed by atoms with Crippen molar-refractivity contribution in [3.63, 3.8) is 0 Å². The van der Waals surface area contributed by atoms with Crippen LogP contribution in [0, 0.1) is 12.8 Å². The first-order chi connectivity index (χ1) is 20.2. The van der Waals surface area contributed by atoms with Crippen LogP contribution in [-0.4, -0.2) is 58.8 Å². The number of aromatic nitrogens is 2. The molecular weight excluding hydrogens is 532 g/mol. The van der Waals surface area contributed by atoms with Crippen LogP contribution < -0.4 is 5.73 Å². The van der Waals surface area contributed by atoms with Crippen LogP contribution in [-0.2, 0) is 11.8 Å². The number of hydrogen-bond donors (Lipinski definition) is 1. The number of alkyl halides is 2. The molecule has 2 aromatic rings. The Kier molecular flexibility index (Phi) is 11.3. The SMILES string of the molecule is CCCC(/C(N)=C1\CN(C(CC)CC)CCC1=NC1CCOCC1)C(C)c1cc(C(F)F)c(-c2cnn(C)c2)cc1C. The third-order valence-corrected chi connectivity index (χ3v) is 9.46. The number of aryl methyl sites for hydroxylation is 2. The molecule has 0 radical (unpaired) electrons. The average molecular weight is 584 g/mol. The van der Waals surface area contributed by atoms with Crippen molar-refractivity contribution in [1.82, 2.24) is 14.7 Å². The summed E-state index contributed by atoms with van der Waals surface area (Å²) in [5, 5.41) is 4.21. The van der Waals surface area contributed by atoms with Crippen LogP contribution in [0.3, 0.4) is 0 Å². The maximum atomic E-state index is 14.5. The zero-order valence-corrected chi connectivity index (χ0v) is 26.5. The molecule has 2 saturated heterocycles. The summed E-state index contributed by atoms with van der Waals surface area (Å²) < 4.78 is 36.2. The molecule has 1 aromatic carbocycles. The number of nitrogens with two attached hydrogens (primary N) is 1. The fraction of sp³-hybridized carbons (Fsp3) is 0.647. The van der Waals surface area contributed by atoms with Crippen LogP contribution in [0.4, 0.5) is 8.78 Å². The van der Waals surface area contributed by atoms with E-state index in [-0.39, 0.29) is 23.4 Å². The molecule has 1 aromatic heterocycles. The van der Waals surface area contributed by atoms with Gasteiger partial charge >= 0.3 is 0 Å². The van der Waals surface area contributed by atoms with Crippen molar-refractivity contribution < 1.29 is 13.5 Å². The molecule has 3 heterocycles. The second-order valence-electron chi connectivity index (χ2n) is 12.2. The molecule has 0 bridgehead atoms. The van der Waals surface area contributed by atoms with Crippen molar-refractivity contribution in [2.75, 3.05) is 26.3 Å². The number of halogens is 2. The Hall–Kier alpha value is -2.58. The van der Waals surface area contributed by atoms with E-state index in [1.54, 1.807) is 30.2 Å². The summed E-state index contributed by atoms with van der Waals surface area (Å²) in [5.41, 5.74) is 13.7. The molecule has 2 atom stereocenters. The van der Waals surface area contributed by atoms with Gasteiger partial charge in [-0.05, 0) is 67.7 Å². The van der Waals surface area contributed by atoms with Crippen LogP contribution in [0.5, 0.6) is 0 Å². The smallest absolute Gasteiger partial charge is 0.264 e. The summed E-state index contributed by atoms with van der Waals surface area (Å²) in [6.45, 7) is 14.2. The minimum Gasteiger partial charge on any atom is -0.401 e. The normalized spacial score (nSPS) is 21.0. The number of benzene rings is 1. The van der Waals surface area contributed by atoms with Gasteiger partial charge in [0, 0.05) is 86.0 Å². The number of hydrogen-bond acceptors (Lipinski definition) is 5. The van der Waals surface area contributed by atoms with Gasteiger partial charge < -0.3 is 10.5 Å². The van der Waals surface area contributed by atoms with Crippen LogP contribution in [0.2, 0.25) is 0 Å². The summed E-state index contributed by atoms with van der Waals surface area (Å²) >= 11 is 0. The number of rotatable bonds is 11. The van der Waals surface area contributed by atoms with E-state index in [0.29, 0.717) is 17.2 Å². The minimum absolute atomic E-state index is 0.0225. The maximum Gasteiger partial charge on any atom is 0.264 e. The van der Waals surface area contributed by atoms with E-state index in [0.717, 1.165) is 93.8 Å². The van der Waals surface area contributed by atoms with E-state index in [2.05, 4.69) is 37.7 Å². The van der Waals surface area contributed by atoms with E-state index in [1.807, 2.05) is 13.0 Å². The second-order valence-corrected chi connectivity index (χ2v) is 12.2. The molecule has 0 spiro atoms. The molecule has 2 aliphatic rings. The summed E-state index contributed by atoms with van der Waals surface area (Å²) in [5.74, 6) is 0.00533. The molecule has 0 saturated carbocycles. The predicted molar refractivity (Wildman–Crippen MR) is 168 cm³/mol. The summed E-state index contributed by atoms with van der Waals surface area (Å²) in [6.07, 6.45) is 7.69.